The van der Waals surface area contributed by atoms with Crippen molar-refractivity contribution in [2.45, 2.75) is 59.9 Å². The van der Waals surface area contributed by atoms with Crippen molar-refractivity contribution in [1.29, 1.82) is 0 Å². The molecule has 50 heavy (non-hydrogen) atoms. The number of carbonyl (C=O) groups is 5. The van der Waals surface area contributed by atoms with E-state index in [2.05, 4.69) is 53.8 Å². The molecule has 12 heteroatoms. The number of Topliss-reactive ketones (excluding diaryl/α,β-unsaturated/α-hetero) is 1. The molecule has 2 fully saturated rings. The zero-order chi connectivity index (χ0) is 35.6. The van der Waals surface area contributed by atoms with Crippen molar-refractivity contribution in [2.24, 2.45) is 5.92 Å². The van der Waals surface area contributed by atoms with Crippen LogP contribution in [-0.4, -0.2) is 92.7 Å². The van der Waals surface area contributed by atoms with Crippen LogP contribution in [0.1, 0.15) is 57.5 Å². The first-order valence-electron chi connectivity index (χ1n) is 16.8. The van der Waals surface area contributed by atoms with Gasteiger partial charge in [-0.25, -0.2) is 0 Å². The molecule has 3 aromatic rings. The quantitative estimate of drug-likeness (QED) is 0.104. The van der Waals surface area contributed by atoms with E-state index < -0.39 is 5.25 Å². The topological polar surface area (TPSA) is 124 Å². The first kappa shape index (κ1) is 37.7. The summed E-state index contributed by atoms with van der Waals surface area (Å²) in [6.45, 7) is 4.57. The lowest BCUT2D eigenvalue weighted by atomic mass is 9.99. The highest BCUT2D eigenvalue weighted by molar-refractivity contribution is 8.01. The van der Waals surface area contributed by atoms with Crippen LogP contribution < -0.4 is 5.32 Å². The van der Waals surface area contributed by atoms with Crippen LogP contribution in [0.3, 0.4) is 0 Å². The van der Waals surface area contributed by atoms with E-state index in [0.717, 1.165) is 21.1 Å². The van der Waals surface area contributed by atoms with Gasteiger partial charge in [-0.2, -0.15) is 0 Å². The summed E-state index contributed by atoms with van der Waals surface area (Å²) in [6.07, 6.45) is 1.57. The van der Waals surface area contributed by atoms with Gasteiger partial charge in [0.15, 0.2) is 5.78 Å². The molecular weight excluding hydrogens is 691 g/mol. The summed E-state index contributed by atoms with van der Waals surface area (Å²) >= 11 is 4.61. The lowest BCUT2D eigenvalue weighted by Crippen LogP contribution is -2.39. The predicted octanol–water partition coefficient (Wildman–Crippen LogP) is 5.61. The van der Waals surface area contributed by atoms with Crippen LogP contribution in [0.2, 0.25) is 0 Å². The summed E-state index contributed by atoms with van der Waals surface area (Å²) in [7, 11) is 0. The number of aliphatic hydroxyl groups is 1. The van der Waals surface area contributed by atoms with Crippen molar-refractivity contribution < 1.29 is 29.1 Å². The third kappa shape index (κ3) is 10.0. The fraction of sp³-hybridized carbons (Fsp3) is 0.395. The zero-order valence-corrected chi connectivity index (χ0v) is 30.8. The molecule has 5 rings (SSSR count). The molecular formula is C38H43N3O6S3. The molecule has 4 amide bonds. The maximum absolute atomic E-state index is 13.8. The van der Waals surface area contributed by atoms with Gasteiger partial charge < -0.3 is 15.3 Å². The van der Waals surface area contributed by atoms with Crippen LogP contribution in [-0.2, 0) is 14.4 Å². The molecule has 0 radical (unpaired) electrons. The van der Waals surface area contributed by atoms with Crippen molar-refractivity contribution in [2.75, 3.05) is 37.7 Å². The van der Waals surface area contributed by atoms with E-state index in [-0.39, 0.29) is 66.8 Å². The van der Waals surface area contributed by atoms with Crippen LogP contribution in [0, 0.1) is 19.8 Å². The average molecular weight is 734 g/mol. The van der Waals surface area contributed by atoms with E-state index in [9.17, 15) is 29.1 Å². The summed E-state index contributed by atoms with van der Waals surface area (Å²) < 4.78 is 0. The minimum Gasteiger partial charge on any atom is -0.395 e. The fourth-order valence-electron chi connectivity index (χ4n) is 5.85. The van der Waals surface area contributed by atoms with Crippen molar-refractivity contribution >= 4 is 64.7 Å². The standard InChI is InChI=1S/C38H43N3O6S3/c1-25-5-13-30(14-6-25)48-23-29(24-49-31-15-7-26(2)8-16-31)36(45)27-9-11-28(12-10-27)37(46)39-18-17-35(40-19-3-4-33(40)43)50-32-22-34(44)41(20-21-42)38(32)47/h5-16,29,32,35,42H,3-4,17-24H2,1-2H3,(H,39,46). The molecule has 0 saturated carbocycles. The Bertz CT molecular complexity index is 1620. The Kier molecular flexibility index (Phi) is 13.6. The Morgan fingerprint density at radius 3 is 1.96 bits per heavy atom. The molecule has 0 aliphatic carbocycles. The number of β-amino-alcohol motifs (C(OH)–C–C–N with tert-alkyl or cyclic N) is 1. The monoisotopic (exact) mass is 733 g/mol. The zero-order valence-electron chi connectivity index (χ0n) is 28.3. The molecule has 264 valence electrons. The fourth-order valence-corrected chi connectivity index (χ4v) is 9.47. The summed E-state index contributed by atoms with van der Waals surface area (Å²) in [5.74, 6) is 0.0492. The molecule has 2 N–H and O–H groups in total. The predicted molar refractivity (Wildman–Crippen MR) is 200 cm³/mol. The van der Waals surface area contributed by atoms with Gasteiger partial charge in [0.25, 0.3) is 5.91 Å². The van der Waals surface area contributed by atoms with Crippen LogP contribution in [0.15, 0.2) is 82.6 Å². The summed E-state index contributed by atoms with van der Waals surface area (Å²) in [5.41, 5.74) is 3.34. The number of imide groups is 1. The number of hydrogen-bond acceptors (Lipinski definition) is 9. The van der Waals surface area contributed by atoms with E-state index in [1.54, 1.807) is 52.7 Å². The maximum Gasteiger partial charge on any atom is 0.251 e. The number of aryl methyl sites for hydroxylation is 2. The first-order valence-corrected chi connectivity index (χ1v) is 19.8. The molecule has 2 saturated heterocycles. The lowest BCUT2D eigenvalue weighted by molar-refractivity contribution is -0.138. The van der Waals surface area contributed by atoms with E-state index in [0.29, 0.717) is 42.0 Å². The minimum atomic E-state index is -0.636. The number of aliphatic hydroxyl groups excluding tert-OH is 1. The second-order valence-electron chi connectivity index (χ2n) is 12.5. The second-order valence-corrected chi connectivity index (χ2v) is 16.1. The lowest BCUT2D eigenvalue weighted by Gasteiger charge is -2.29. The van der Waals surface area contributed by atoms with Crippen molar-refractivity contribution in [3.63, 3.8) is 0 Å². The second kappa shape index (κ2) is 18.1. The molecule has 2 aliphatic rings. The van der Waals surface area contributed by atoms with Crippen LogP contribution >= 0.6 is 35.3 Å². The number of thioether (sulfide) groups is 3. The molecule has 2 atom stereocenters. The number of hydrogen-bond donors (Lipinski definition) is 2. The van der Waals surface area contributed by atoms with Gasteiger partial charge in [0, 0.05) is 64.3 Å². The molecule has 2 unspecified atom stereocenters. The van der Waals surface area contributed by atoms with Gasteiger partial charge in [-0.1, -0.05) is 47.5 Å². The highest BCUT2D eigenvalue weighted by atomic mass is 32.2. The van der Waals surface area contributed by atoms with Crippen molar-refractivity contribution in [3.05, 3.63) is 95.1 Å². The highest BCUT2D eigenvalue weighted by Gasteiger charge is 2.41. The maximum atomic E-state index is 13.8. The number of rotatable bonds is 17. The number of ketones is 1. The summed E-state index contributed by atoms with van der Waals surface area (Å²) in [6, 6.07) is 23.3. The van der Waals surface area contributed by atoms with Gasteiger partial charge in [-0.3, -0.25) is 28.9 Å². The Hall–Kier alpha value is -3.58. The molecule has 0 spiro atoms. The molecule has 0 bridgehead atoms. The molecule has 3 aromatic carbocycles. The number of amides is 4. The van der Waals surface area contributed by atoms with Gasteiger partial charge >= 0.3 is 0 Å². The van der Waals surface area contributed by atoms with Crippen LogP contribution in [0.25, 0.3) is 0 Å². The van der Waals surface area contributed by atoms with Gasteiger partial charge in [0.1, 0.15) is 0 Å². The van der Waals surface area contributed by atoms with Gasteiger partial charge in [0.2, 0.25) is 17.7 Å². The van der Waals surface area contributed by atoms with E-state index in [1.807, 2.05) is 13.8 Å². The SMILES string of the molecule is Cc1ccc(SCC(CSc2ccc(C)cc2)C(=O)c2ccc(C(=O)NCCC(SC3CC(=O)N(CCO)C3=O)N3CCCC3=O)cc2)cc1. The van der Waals surface area contributed by atoms with E-state index in [4.69, 9.17) is 0 Å². The van der Waals surface area contributed by atoms with Crippen molar-refractivity contribution in [1.82, 2.24) is 15.1 Å². The van der Waals surface area contributed by atoms with Crippen LogP contribution in [0.4, 0.5) is 0 Å². The third-order valence-electron chi connectivity index (χ3n) is 8.73. The van der Waals surface area contributed by atoms with E-state index >= 15 is 0 Å². The van der Waals surface area contributed by atoms with Crippen LogP contribution in [0.5, 0.6) is 0 Å². The average Bonchev–Trinajstić information content (AvgIpc) is 3.66. The molecule has 2 aliphatic heterocycles. The third-order valence-corrected chi connectivity index (χ3v) is 12.6. The number of nitrogens with zero attached hydrogens (tertiary/aromatic N) is 2. The smallest absolute Gasteiger partial charge is 0.251 e. The molecule has 9 nitrogen and oxygen atoms in total. The Balaban J connectivity index is 1.19. The summed E-state index contributed by atoms with van der Waals surface area (Å²) in [5, 5.41) is 11.1. The minimum absolute atomic E-state index is 0.00842. The van der Waals surface area contributed by atoms with Gasteiger partial charge in [-0.15, -0.1) is 35.3 Å². The number of benzene rings is 3. The highest BCUT2D eigenvalue weighted by Crippen LogP contribution is 2.34. The number of carbonyl (C=O) groups excluding carboxylic acids is 5. The number of likely N-dealkylation sites (tertiary alicyclic amines) is 2. The normalized spacial score (nSPS) is 16.8. The largest absolute Gasteiger partial charge is 0.395 e. The molecule has 0 aromatic heterocycles. The Morgan fingerprint density at radius 1 is 0.840 bits per heavy atom. The Morgan fingerprint density at radius 2 is 1.42 bits per heavy atom. The summed E-state index contributed by atoms with van der Waals surface area (Å²) in [4.78, 5) is 69.7. The Labute approximate surface area is 306 Å². The first-order chi connectivity index (χ1) is 24.1. The van der Waals surface area contributed by atoms with E-state index in [1.165, 1.54) is 22.9 Å². The van der Waals surface area contributed by atoms with Crippen molar-refractivity contribution in [3.8, 4) is 0 Å². The number of nitrogens with one attached hydrogen (secondary N) is 1. The van der Waals surface area contributed by atoms with Gasteiger partial charge in [-0.05, 0) is 63.1 Å². The van der Waals surface area contributed by atoms with Gasteiger partial charge in [0.05, 0.1) is 23.8 Å². The molecule has 2 heterocycles.